The lowest BCUT2D eigenvalue weighted by Crippen LogP contribution is -2.24. The fourth-order valence-corrected chi connectivity index (χ4v) is 3.91. The summed E-state index contributed by atoms with van der Waals surface area (Å²) in [6.07, 6.45) is 0. The van der Waals surface area contributed by atoms with Gasteiger partial charge in [-0.25, -0.2) is 0 Å². The first kappa shape index (κ1) is 16.2. The standard InChI is InChI=1S/C18H25NOS/c1-5-19-18(13(2)3)17-11-10-16(21-17)15-9-7-6-8-14(15)12-20-4/h6-11,13,18-19H,5,12H2,1-4H3. The number of nitrogens with one attached hydrogen (secondary N) is 1. The van der Waals surface area contributed by atoms with Crippen LogP contribution in [-0.4, -0.2) is 13.7 Å². The van der Waals surface area contributed by atoms with E-state index in [-0.39, 0.29) is 0 Å². The number of thiophene rings is 1. The highest BCUT2D eigenvalue weighted by molar-refractivity contribution is 7.15. The molecule has 1 N–H and O–H groups in total. The van der Waals surface area contributed by atoms with Crippen molar-refractivity contribution >= 4 is 11.3 Å². The van der Waals surface area contributed by atoms with Gasteiger partial charge in [0, 0.05) is 22.9 Å². The van der Waals surface area contributed by atoms with Gasteiger partial charge in [-0.1, -0.05) is 45.0 Å². The van der Waals surface area contributed by atoms with Crippen LogP contribution in [0.5, 0.6) is 0 Å². The summed E-state index contributed by atoms with van der Waals surface area (Å²) in [4.78, 5) is 2.73. The monoisotopic (exact) mass is 303 g/mol. The van der Waals surface area contributed by atoms with Gasteiger partial charge in [-0.15, -0.1) is 11.3 Å². The minimum absolute atomic E-state index is 0.434. The van der Waals surface area contributed by atoms with E-state index in [1.165, 1.54) is 20.9 Å². The average Bonchev–Trinajstić information content (AvgIpc) is 2.94. The molecule has 2 nitrogen and oxygen atoms in total. The number of rotatable bonds is 7. The molecule has 0 aliphatic rings. The van der Waals surface area contributed by atoms with Gasteiger partial charge in [-0.2, -0.15) is 0 Å². The molecule has 21 heavy (non-hydrogen) atoms. The third-order valence-electron chi connectivity index (χ3n) is 3.61. The molecule has 0 aliphatic heterocycles. The molecule has 0 amide bonds. The third-order valence-corrected chi connectivity index (χ3v) is 4.81. The van der Waals surface area contributed by atoms with Gasteiger partial charge in [0.2, 0.25) is 0 Å². The zero-order valence-corrected chi connectivity index (χ0v) is 14.2. The maximum Gasteiger partial charge on any atom is 0.0719 e. The van der Waals surface area contributed by atoms with E-state index in [0.717, 1.165) is 6.54 Å². The molecule has 1 unspecified atom stereocenters. The lowest BCUT2D eigenvalue weighted by atomic mass is 10.0. The van der Waals surface area contributed by atoms with Crippen LogP contribution in [0, 0.1) is 5.92 Å². The van der Waals surface area contributed by atoms with E-state index < -0.39 is 0 Å². The Morgan fingerprint density at radius 2 is 1.90 bits per heavy atom. The molecule has 0 fully saturated rings. The van der Waals surface area contributed by atoms with E-state index in [4.69, 9.17) is 4.74 Å². The molecular weight excluding hydrogens is 278 g/mol. The van der Waals surface area contributed by atoms with Crippen molar-refractivity contribution in [2.24, 2.45) is 5.92 Å². The second kappa shape index (κ2) is 7.74. The minimum atomic E-state index is 0.434. The van der Waals surface area contributed by atoms with Gasteiger partial charge >= 0.3 is 0 Å². The summed E-state index contributed by atoms with van der Waals surface area (Å²) in [7, 11) is 1.75. The Kier molecular flexibility index (Phi) is 5.97. The quantitative estimate of drug-likeness (QED) is 0.788. The van der Waals surface area contributed by atoms with E-state index in [2.05, 4.69) is 62.5 Å². The Morgan fingerprint density at radius 1 is 1.14 bits per heavy atom. The number of hydrogen-bond donors (Lipinski definition) is 1. The fourth-order valence-electron chi connectivity index (χ4n) is 2.59. The molecule has 2 aromatic rings. The summed E-state index contributed by atoms with van der Waals surface area (Å²) >= 11 is 1.88. The predicted octanol–water partition coefficient (Wildman–Crippen LogP) is 4.87. The average molecular weight is 303 g/mol. The number of ether oxygens (including phenoxy) is 1. The summed E-state index contributed by atoms with van der Waals surface area (Å²) in [6.45, 7) is 8.36. The Balaban J connectivity index is 2.31. The summed E-state index contributed by atoms with van der Waals surface area (Å²) in [5, 5.41) is 3.59. The van der Waals surface area contributed by atoms with Crippen molar-refractivity contribution in [3.8, 4) is 10.4 Å². The van der Waals surface area contributed by atoms with Crippen LogP contribution in [0.2, 0.25) is 0 Å². The summed E-state index contributed by atoms with van der Waals surface area (Å²) in [5.74, 6) is 0.589. The molecule has 0 radical (unpaired) electrons. The molecule has 0 saturated carbocycles. The molecule has 0 saturated heterocycles. The van der Waals surface area contributed by atoms with Crippen molar-refractivity contribution in [3.63, 3.8) is 0 Å². The molecule has 1 heterocycles. The van der Waals surface area contributed by atoms with Crippen LogP contribution < -0.4 is 5.32 Å². The molecule has 1 aromatic heterocycles. The second-order valence-electron chi connectivity index (χ2n) is 5.57. The van der Waals surface area contributed by atoms with Crippen LogP contribution in [0.3, 0.4) is 0 Å². The number of hydrogen-bond acceptors (Lipinski definition) is 3. The topological polar surface area (TPSA) is 21.3 Å². The van der Waals surface area contributed by atoms with Crippen LogP contribution in [-0.2, 0) is 11.3 Å². The first-order chi connectivity index (χ1) is 10.2. The van der Waals surface area contributed by atoms with Crippen LogP contribution >= 0.6 is 11.3 Å². The Labute approximate surface area is 132 Å². The molecule has 0 bridgehead atoms. The molecule has 0 spiro atoms. The third kappa shape index (κ3) is 3.94. The van der Waals surface area contributed by atoms with E-state index in [1.54, 1.807) is 7.11 Å². The van der Waals surface area contributed by atoms with Gasteiger partial charge in [0.25, 0.3) is 0 Å². The smallest absolute Gasteiger partial charge is 0.0719 e. The van der Waals surface area contributed by atoms with E-state index >= 15 is 0 Å². The van der Waals surface area contributed by atoms with Crippen LogP contribution in [0.1, 0.15) is 37.3 Å². The minimum Gasteiger partial charge on any atom is -0.380 e. The van der Waals surface area contributed by atoms with Crippen molar-refractivity contribution in [1.82, 2.24) is 5.32 Å². The van der Waals surface area contributed by atoms with E-state index in [1.807, 2.05) is 11.3 Å². The summed E-state index contributed by atoms with van der Waals surface area (Å²) in [5.41, 5.74) is 2.53. The van der Waals surface area contributed by atoms with Gasteiger partial charge in [0.1, 0.15) is 0 Å². The van der Waals surface area contributed by atoms with Gasteiger partial charge in [-0.3, -0.25) is 0 Å². The highest BCUT2D eigenvalue weighted by Gasteiger charge is 2.17. The highest BCUT2D eigenvalue weighted by atomic mass is 32.1. The molecule has 1 aromatic carbocycles. The van der Waals surface area contributed by atoms with Crippen LogP contribution in [0.4, 0.5) is 0 Å². The molecule has 3 heteroatoms. The van der Waals surface area contributed by atoms with Crippen molar-refractivity contribution < 1.29 is 4.74 Å². The Morgan fingerprint density at radius 3 is 2.57 bits per heavy atom. The largest absolute Gasteiger partial charge is 0.380 e. The maximum absolute atomic E-state index is 5.31. The molecule has 114 valence electrons. The molecule has 1 atom stereocenters. The molecule has 2 rings (SSSR count). The Hall–Kier alpha value is -1.16. The molecule has 0 aliphatic carbocycles. The van der Waals surface area contributed by atoms with Crippen molar-refractivity contribution in [2.75, 3.05) is 13.7 Å². The predicted molar refractivity (Wildman–Crippen MR) is 91.7 cm³/mol. The van der Waals surface area contributed by atoms with Crippen LogP contribution in [0.25, 0.3) is 10.4 Å². The second-order valence-corrected chi connectivity index (χ2v) is 6.69. The molecular formula is C18H25NOS. The zero-order chi connectivity index (χ0) is 15.2. The van der Waals surface area contributed by atoms with Gasteiger partial charge in [0.05, 0.1) is 6.61 Å². The number of methoxy groups -OCH3 is 1. The SMILES string of the molecule is CCNC(c1ccc(-c2ccccc2COC)s1)C(C)C. The van der Waals surface area contributed by atoms with Gasteiger partial charge in [0.15, 0.2) is 0 Å². The van der Waals surface area contributed by atoms with Gasteiger partial charge < -0.3 is 10.1 Å². The maximum atomic E-state index is 5.31. The van der Waals surface area contributed by atoms with Gasteiger partial charge in [-0.05, 0) is 35.7 Å². The summed E-state index contributed by atoms with van der Waals surface area (Å²) in [6, 6.07) is 13.4. The highest BCUT2D eigenvalue weighted by Crippen LogP contribution is 2.35. The van der Waals surface area contributed by atoms with Crippen molar-refractivity contribution in [1.29, 1.82) is 0 Å². The lowest BCUT2D eigenvalue weighted by Gasteiger charge is -2.20. The van der Waals surface area contributed by atoms with E-state index in [0.29, 0.717) is 18.6 Å². The Bertz CT molecular complexity index is 562. The first-order valence-electron chi connectivity index (χ1n) is 7.57. The lowest BCUT2D eigenvalue weighted by molar-refractivity contribution is 0.185. The zero-order valence-electron chi connectivity index (χ0n) is 13.3. The number of benzene rings is 1. The normalized spacial score (nSPS) is 12.8. The van der Waals surface area contributed by atoms with Crippen molar-refractivity contribution in [3.05, 3.63) is 46.8 Å². The van der Waals surface area contributed by atoms with Crippen molar-refractivity contribution in [2.45, 2.75) is 33.4 Å². The van der Waals surface area contributed by atoms with E-state index in [9.17, 15) is 0 Å². The first-order valence-corrected chi connectivity index (χ1v) is 8.39. The fraction of sp³-hybridized carbons (Fsp3) is 0.444. The summed E-state index contributed by atoms with van der Waals surface area (Å²) < 4.78 is 5.31. The van der Waals surface area contributed by atoms with Crippen LogP contribution in [0.15, 0.2) is 36.4 Å².